The minimum Gasteiger partial charge on any atom is -0.495 e. The van der Waals surface area contributed by atoms with Crippen molar-refractivity contribution in [2.45, 2.75) is 51.0 Å². The van der Waals surface area contributed by atoms with E-state index in [1.54, 1.807) is 27.7 Å². The van der Waals surface area contributed by atoms with Crippen molar-refractivity contribution in [1.82, 2.24) is 9.62 Å². The highest BCUT2D eigenvalue weighted by atomic mass is 32.2. The highest BCUT2D eigenvalue weighted by molar-refractivity contribution is 7.89. The Morgan fingerprint density at radius 3 is 2.38 bits per heavy atom. The van der Waals surface area contributed by atoms with Gasteiger partial charge in [0.2, 0.25) is 10.0 Å². The topological polar surface area (TPSA) is 75.7 Å². The third kappa shape index (κ3) is 6.21. The highest BCUT2D eigenvalue weighted by Gasteiger charge is 2.27. The molecule has 148 valence electrons. The maximum absolute atomic E-state index is 12.7. The zero-order valence-corrected chi connectivity index (χ0v) is 16.5. The van der Waals surface area contributed by atoms with Crippen LogP contribution in [0.5, 0.6) is 5.75 Å². The Balaban J connectivity index is 3.33. The normalized spacial score (nSPS) is 12.3. The van der Waals surface area contributed by atoms with Gasteiger partial charge < -0.3 is 9.64 Å². The smallest absolute Gasteiger partial charge is 0.255 e. The van der Waals surface area contributed by atoms with Gasteiger partial charge in [-0.3, -0.25) is 4.79 Å². The number of benzene rings is 1. The Hall–Kier alpha value is -1.74. The molecule has 0 spiro atoms. The number of carbonyl (C=O) groups excluding carboxylic acids is 1. The van der Waals surface area contributed by atoms with Crippen LogP contribution < -0.4 is 9.46 Å². The van der Waals surface area contributed by atoms with Gasteiger partial charge in [-0.25, -0.2) is 21.9 Å². The van der Waals surface area contributed by atoms with Gasteiger partial charge in [0.25, 0.3) is 12.3 Å². The first-order valence-electron chi connectivity index (χ1n) is 8.20. The number of ether oxygens (including phenoxy) is 1. The van der Waals surface area contributed by atoms with Crippen molar-refractivity contribution in [3.05, 3.63) is 23.8 Å². The molecule has 9 heteroatoms. The largest absolute Gasteiger partial charge is 0.495 e. The van der Waals surface area contributed by atoms with E-state index in [2.05, 4.69) is 4.72 Å². The molecule has 26 heavy (non-hydrogen) atoms. The zero-order chi connectivity index (χ0) is 20.1. The molecule has 0 aliphatic heterocycles. The van der Waals surface area contributed by atoms with Gasteiger partial charge in [0.15, 0.2) is 0 Å². The molecule has 0 radical (unpaired) electrons. The Morgan fingerprint density at radius 2 is 1.92 bits per heavy atom. The molecule has 0 atom stereocenters. The van der Waals surface area contributed by atoms with Crippen molar-refractivity contribution in [3.63, 3.8) is 0 Å². The summed E-state index contributed by atoms with van der Waals surface area (Å²) < 4.78 is 58.3. The van der Waals surface area contributed by atoms with Gasteiger partial charge in [0, 0.05) is 17.6 Å². The highest BCUT2D eigenvalue weighted by Crippen LogP contribution is 2.26. The van der Waals surface area contributed by atoms with E-state index in [-0.39, 0.29) is 22.8 Å². The van der Waals surface area contributed by atoms with E-state index in [0.29, 0.717) is 6.42 Å². The number of nitrogens with zero attached hydrogens (tertiary/aromatic N) is 1. The molecule has 1 rings (SSSR count). The van der Waals surface area contributed by atoms with Crippen molar-refractivity contribution in [1.29, 1.82) is 0 Å². The number of rotatable bonds is 8. The summed E-state index contributed by atoms with van der Waals surface area (Å²) in [6.45, 7) is 6.24. The Bertz CT molecular complexity index is 731. The molecular weight excluding hydrogens is 366 g/mol. The fourth-order valence-corrected chi connectivity index (χ4v) is 3.99. The van der Waals surface area contributed by atoms with Crippen LogP contribution in [0.15, 0.2) is 23.1 Å². The fraction of sp³-hybridized carbons (Fsp3) is 0.588. The summed E-state index contributed by atoms with van der Waals surface area (Å²) in [4.78, 5) is 13.4. The molecule has 0 bridgehead atoms. The monoisotopic (exact) mass is 392 g/mol. The second kappa shape index (κ2) is 8.77. The molecule has 6 nitrogen and oxygen atoms in total. The second-order valence-electron chi connectivity index (χ2n) is 6.86. The van der Waals surface area contributed by atoms with Gasteiger partial charge >= 0.3 is 0 Å². The number of halogens is 2. The maximum atomic E-state index is 12.7. The van der Waals surface area contributed by atoms with E-state index in [4.69, 9.17) is 4.74 Å². The van der Waals surface area contributed by atoms with Gasteiger partial charge in [-0.15, -0.1) is 0 Å². The minimum atomic E-state index is -3.97. The van der Waals surface area contributed by atoms with E-state index < -0.39 is 34.4 Å². The van der Waals surface area contributed by atoms with E-state index >= 15 is 0 Å². The number of sulfonamides is 1. The molecule has 1 amide bonds. The number of nitrogens with one attached hydrogen (secondary N) is 1. The van der Waals surface area contributed by atoms with Crippen molar-refractivity contribution in [2.75, 3.05) is 20.2 Å². The molecule has 1 N–H and O–H groups in total. The van der Waals surface area contributed by atoms with E-state index in [1.165, 1.54) is 19.2 Å². The van der Waals surface area contributed by atoms with Gasteiger partial charge in [-0.05, 0) is 45.4 Å². The van der Waals surface area contributed by atoms with Crippen LogP contribution in [0.25, 0.3) is 0 Å². The number of carbonyl (C=O) groups is 1. The lowest BCUT2D eigenvalue weighted by Gasteiger charge is -2.23. The van der Waals surface area contributed by atoms with E-state index in [1.807, 2.05) is 0 Å². The first-order valence-corrected chi connectivity index (χ1v) is 9.69. The van der Waals surface area contributed by atoms with Gasteiger partial charge in [0.05, 0.1) is 13.7 Å². The molecule has 0 unspecified atom stereocenters. The van der Waals surface area contributed by atoms with E-state index in [9.17, 15) is 22.0 Å². The summed E-state index contributed by atoms with van der Waals surface area (Å²) in [5.41, 5.74) is -0.734. The van der Waals surface area contributed by atoms with Crippen LogP contribution in [0.3, 0.4) is 0 Å². The predicted octanol–water partition coefficient (Wildman–Crippen LogP) is 2.89. The molecule has 0 fully saturated rings. The second-order valence-corrected chi connectivity index (χ2v) is 8.51. The van der Waals surface area contributed by atoms with E-state index in [0.717, 1.165) is 11.0 Å². The first-order chi connectivity index (χ1) is 11.9. The van der Waals surface area contributed by atoms with Gasteiger partial charge in [0.1, 0.15) is 10.6 Å². The summed E-state index contributed by atoms with van der Waals surface area (Å²) >= 11 is 0. The standard InChI is InChI=1S/C17H26F2N2O4S/c1-6-9-21(11-15(18)19)16(22)12-7-8-13(25-5)14(10-12)26(23,24)20-17(2,3)4/h7-8,10,15,20H,6,9,11H2,1-5H3. The molecule has 0 aliphatic carbocycles. The molecule has 1 aromatic carbocycles. The zero-order valence-electron chi connectivity index (χ0n) is 15.7. The number of hydrogen-bond donors (Lipinski definition) is 1. The molecule has 0 saturated heterocycles. The minimum absolute atomic E-state index is 0.00850. The average Bonchev–Trinajstić information content (AvgIpc) is 2.50. The van der Waals surface area contributed by atoms with Crippen molar-refractivity contribution in [3.8, 4) is 5.75 Å². The van der Waals surface area contributed by atoms with Gasteiger partial charge in [-0.1, -0.05) is 6.92 Å². The van der Waals surface area contributed by atoms with Crippen molar-refractivity contribution < 1.29 is 26.7 Å². The van der Waals surface area contributed by atoms with Crippen molar-refractivity contribution >= 4 is 15.9 Å². The number of methoxy groups -OCH3 is 1. The quantitative estimate of drug-likeness (QED) is 0.738. The van der Waals surface area contributed by atoms with Crippen LogP contribution in [-0.4, -0.2) is 51.4 Å². The lowest BCUT2D eigenvalue weighted by Crippen LogP contribution is -2.40. The van der Waals surface area contributed by atoms with Crippen LogP contribution in [-0.2, 0) is 10.0 Å². The molecule has 0 aliphatic rings. The Kier molecular flexibility index (Phi) is 7.52. The van der Waals surface area contributed by atoms with Crippen LogP contribution in [0, 0.1) is 0 Å². The third-order valence-electron chi connectivity index (χ3n) is 3.28. The molecule has 0 saturated carbocycles. The Labute approximate surface area is 153 Å². The number of amides is 1. The molecule has 1 aromatic rings. The summed E-state index contributed by atoms with van der Waals surface area (Å²) in [7, 11) is -2.66. The Morgan fingerprint density at radius 1 is 1.31 bits per heavy atom. The summed E-state index contributed by atoms with van der Waals surface area (Å²) in [5.74, 6) is -0.587. The molecule has 0 heterocycles. The average molecular weight is 392 g/mol. The molecular formula is C17H26F2N2O4S. The van der Waals surface area contributed by atoms with Crippen LogP contribution in [0.1, 0.15) is 44.5 Å². The lowest BCUT2D eigenvalue weighted by molar-refractivity contribution is 0.0555. The summed E-state index contributed by atoms with van der Waals surface area (Å²) in [6, 6.07) is 3.87. The van der Waals surface area contributed by atoms with Crippen LogP contribution >= 0.6 is 0 Å². The fourth-order valence-electron chi connectivity index (χ4n) is 2.37. The first kappa shape index (κ1) is 22.3. The van der Waals surface area contributed by atoms with Crippen LogP contribution in [0.2, 0.25) is 0 Å². The number of alkyl halides is 2. The van der Waals surface area contributed by atoms with Crippen molar-refractivity contribution in [2.24, 2.45) is 0 Å². The predicted molar refractivity (Wildman–Crippen MR) is 95.3 cm³/mol. The summed E-state index contributed by atoms with van der Waals surface area (Å²) in [6.07, 6.45) is -2.17. The number of hydrogen-bond acceptors (Lipinski definition) is 4. The SMILES string of the molecule is CCCN(CC(F)F)C(=O)c1ccc(OC)c(S(=O)(=O)NC(C)(C)C)c1. The van der Waals surface area contributed by atoms with Crippen LogP contribution in [0.4, 0.5) is 8.78 Å². The molecule has 0 aromatic heterocycles. The third-order valence-corrected chi connectivity index (χ3v) is 5.06. The summed E-state index contributed by atoms with van der Waals surface area (Å²) in [5, 5.41) is 0. The lowest BCUT2D eigenvalue weighted by atomic mass is 10.1. The van der Waals surface area contributed by atoms with Gasteiger partial charge in [-0.2, -0.15) is 0 Å². The maximum Gasteiger partial charge on any atom is 0.255 e.